The maximum atomic E-state index is 13.3. The average molecular weight is 218 g/mol. The Labute approximate surface area is 92.6 Å². The lowest BCUT2D eigenvalue weighted by molar-refractivity contribution is 0.0766. The minimum absolute atomic E-state index is 0.113. The van der Waals surface area contributed by atoms with E-state index >= 15 is 0 Å². The first-order valence-corrected chi connectivity index (χ1v) is 5.34. The van der Waals surface area contributed by atoms with Crippen molar-refractivity contribution in [1.29, 1.82) is 0 Å². The number of amides is 1. The maximum absolute atomic E-state index is 13.3. The van der Waals surface area contributed by atoms with Gasteiger partial charge in [0.15, 0.2) is 0 Å². The van der Waals surface area contributed by atoms with Crippen molar-refractivity contribution in [3.8, 4) is 0 Å². The Kier molecular flexibility index (Phi) is 2.02. The van der Waals surface area contributed by atoms with Crippen LogP contribution >= 0.6 is 0 Å². The number of carbonyl (C=O) groups excluding carboxylic acids is 1. The average Bonchev–Trinajstić information content (AvgIpc) is 2.62. The van der Waals surface area contributed by atoms with E-state index in [1.807, 2.05) is 6.07 Å². The molecule has 1 fully saturated rings. The summed E-state index contributed by atoms with van der Waals surface area (Å²) in [6, 6.07) is 7.00. The van der Waals surface area contributed by atoms with Crippen LogP contribution in [0.2, 0.25) is 0 Å². The Morgan fingerprint density at radius 3 is 3.06 bits per heavy atom. The van der Waals surface area contributed by atoms with E-state index in [2.05, 4.69) is 4.99 Å². The van der Waals surface area contributed by atoms with Crippen molar-refractivity contribution < 1.29 is 9.18 Å². The summed E-state index contributed by atoms with van der Waals surface area (Å²) in [5.41, 5.74) is 1.24. The van der Waals surface area contributed by atoms with E-state index in [1.54, 1.807) is 29.3 Å². The summed E-state index contributed by atoms with van der Waals surface area (Å²) in [7, 11) is 0. The van der Waals surface area contributed by atoms with Crippen molar-refractivity contribution in [2.45, 2.75) is 18.6 Å². The molecule has 16 heavy (non-hydrogen) atoms. The van der Waals surface area contributed by atoms with Gasteiger partial charge in [-0.15, -0.1) is 0 Å². The van der Waals surface area contributed by atoms with Crippen molar-refractivity contribution in [2.75, 3.05) is 6.54 Å². The first-order chi connectivity index (χ1) is 7.75. The van der Waals surface area contributed by atoms with E-state index in [1.165, 1.54) is 0 Å². The molecule has 1 saturated heterocycles. The first-order valence-electron chi connectivity index (χ1n) is 5.34. The molecule has 2 heterocycles. The molecule has 0 aliphatic carbocycles. The summed E-state index contributed by atoms with van der Waals surface area (Å²) in [5.74, 6) is -0.113. The summed E-state index contributed by atoms with van der Waals surface area (Å²) in [6.45, 7) is 0.184. The minimum Gasteiger partial charge on any atom is -0.328 e. The number of halogens is 1. The molecule has 3 rings (SSSR count). The van der Waals surface area contributed by atoms with Gasteiger partial charge in [-0.1, -0.05) is 12.1 Å². The Hall–Kier alpha value is -1.71. The van der Waals surface area contributed by atoms with Crippen LogP contribution in [-0.4, -0.2) is 35.8 Å². The number of hydrogen-bond acceptors (Lipinski definition) is 2. The topological polar surface area (TPSA) is 32.7 Å². The Balaban J connectivity index is 2.07. The summed E-state index contributed by atoms with van der Waals surface area (Å²) in [5, 5.41) is 0. The van der Waals surface area contributed by atoms with Crippen LogP contribution in [0.4, 0.5) is 10.1 Å². The number of alkyl halides is 1. The molecular formula is C12H11FN2O. The number of nitrogens with zero attached hydrogens (tertiary/aromatic N) is 2. The van der Waals surface area contributed by atoms with Gasteiger partial charge in [0.25, 0.3) is 5.91 Å². The van der Waals surface area contributed by atoms with Crippen molar-refractivity contribution in [3.63, 3.8) is 0 Å². The number of fused-ring (bicyclic) bond motifs is 2. The number of aliphatic imine (C=N–C) groups is 1. The third kappa shape index (κ3) is 1.33. The largest absolute Gasteiger partial charge is 0.328 e. The highest BCUT2D eigenvalue weighted by Crippen LogP contribution is 2.29. The predicted molar refractivity (Wildman–Crippen MR) is 58.9 cm³/mol. The van der Waals surface area contributed by atoms with Crippen LogP contribution < -0.4 is 0 Å². The maximum Gasteiger partial charge on any atom is 0.256 e. The summed E-state index contributed by atoms with van der Waals surface area (Å²) in [6.07, 6.45) is 1.12. The fourth-order valence-corrected chi connectivity index (χ4v) is 2.28. The van der Waals surface area contributed by atoms with Crippen LogP contribution in [0.15, 0.2) is 29.3 Å². The lowest BCUT2D eigenvalue weighted by atomic mass is 10.1. The highest BCUT2D eigenvalue weighted by Gasteiger charge is 2.36. The first kappa shape index (κ1) is 9.51. The van der Waals surface area contributed by atoms with E-state index in [0.717, 1.165) is 0 Å². The molecule has 82 valence electrons. The molecule has 2 aliphatic rings. The third-order valence-electron chi connectivity index (χ3n) is 3.07. The van der Waals surface area contributed by atoms with Gasteiger partial charge in [-0.3, -0.25) is 9.79 Å². The fourth-order valence-electron chi connectivity index (χ4n) is 2.28. The summed E-state index contributed by atoms with van der Waals surface area (Å²) in [4.78, 5) is 18.0. The summed E-state index contributed by atoms with van der Waals surface area (Å²) < 4.78 is 13.3. The zero-order valence-electron chi connectivity index (χ0n) is 8.64. The monoisotopic (exact) mass is 218 g/mol. The molecule has 0 saturated carbocycles. The summed E-state index contributed by atoms with van der Waals surface area (Å²) >= 11 is 0. The van der Waals surface area contributed by atoms with Crippen LogP contribution in [-0.2, 0) is 0 Å². The second kappa shape index (κ2) is 3.40. The zero-order chi connectivity index (χ0) is 11.1. The third-order valence-corrected chi connectivity index (χ3v) is 3.07. The number of para-hydroxylation sites is 1. The lowest BCUT2D eigenvalue weighted by Gasteiger charge is -2.19. The molecule has 0 bridgehead atoms. The second-order valence-electron chi connectivity index (χ2n) is 4.15. The van der Waals surface area contributed by atoms with Gasteiger partial charge in [-0.25, -0.2) is 4.39 Å². The molecule has 4 heteroatoms. The van der Waals surface area contributed by atoms with E-state index in [4.69, 9.17) is 0 Å². The van der Waals surface area contributed by atoms with E-state index in [0.29, 0.717) is 17.7 Å². The van der Waals surface area contributed by atoms with Crippen LogP contribution in [0.5, 0.6) is 0 Å². The number of carbonyl (C=O) groups is 1. The van der Waals surface area contributed by atoms with E-state index in [-0.39, 0.29) is 18.5 Å². The molecule has 2 aliphatic heterocycles. The Morgan fingerprint density at radius 2 is 2.19 bits per heavy atom. The zero-order valence-corrected chi connectivity index (χ0v) is 8.64. The van der Waals surface area contributed by atoms with E-state index in [9.17, 15) is 9.18 Å². The molecule has 0 N–H and O–H groups in total. The number of benzene rings is 1. The second-order valence-corrected chi connectivity index (χ2v) is 4.15. The molecule has 1 amide bonds. The fraction of sp³-hybridized carbons (Fsp3) is 0.333. The SMILES string of the molecule is O=C1c2ccccc2N=C[C@@H]2C[C@@H](F)CN12. The van der Waals surface area contributed by atoms with Crippen LogP contribution in [0.3, 0.4) is 0 Å². The molecule has 0 radical (unpaired) electrons. The van der Waals surface area contributed by atoms with Crippen molar-refractivity contribution in [2.24, 2.45) is 4.99 Å². The van der Waals surface area contributed by atoms with Gasteiger partial charge >= 0.3 is 0 Å². The number of hydrogen-bond donors (Lipinski definition) is 0. The highest BCUT2D eigenvalue weighted by atomic mass is 19.1. The smallest absolute Gasteiger partial charge is 0.256 e. The van der Waals surface area contributed by atoms with Crippen molar-refractivity contribution >= 4 is 17.8 Å². The Bertz CT molecular complexity index is 472. The van der Waals surface area contributed by atoms with Gasteiger partial charge < -0.3 is 4.90 Å². The van der Waals surface area contributed by atoms with Crippen LogP contribution in [0, 0.1) is 0 Å². The normalized spacial score (nSPS) is 27.6. The molecular weight excluding hydrogens is 207 g/mol. The molecule has 2 atom stereocenters. The van der Waals surface area contributed by atoms with Gasteiger partial charge in [-0.05, 0) is 12.1 Å². The van der Waals surface area contributed by atoms with E-state index < -0.39 is 6.17 Å². The molecule has 0 unspecified atom stereocenters. The van der Waals surface area contributed by atoms with Gasteiger partial charge in [0.05, 0.1) is 23.8 Å². The molecule has 0 spiro atoms. The van der Waals surface area contributed by atoms with Gasteiger partial charge in [-0.2, -0.15) is 0 Å². The molecule has 1 aromatic rings. The highest BCUT2D eigenvalue weighted by molar-refractivity contribution is 6.02. The van der Waals surface area contributed by atoms with Crippen molar-refractivity contribution in [1.82, 2.24) is 4.90 Å². The standard InChI is InChI=1S/C12H11FN2O/c13-8-5-9-6-14-11-4-2-1-3-10(11)12(16)15(9)7-8/h1-4,6,8-9H,5,7H2/t8-,9+/m1/s1. The van der Waals surface area contributed by atoms with Crippen LogP contribution in [0.25, 0.3) is 0 Å². The van der Waals surface area contributed by atoms with Gasteiger partial charge in [0.2, 0.25) is 0 Å². The minimum atomic E-state index is -0.925. The number of rotatable bonds is 0. The molecule has 1 aromatic carbocycles. The Morgan fingerprint density at radius 1 is 1.38 bits per heavy atom. The van der Waals surface area contributed by atoms with Crippen molar-refractivity contribution in [3.05, 3.63) is 29.8 Å². The van der Waals surface area contributed by atoms with Gasteiger partial charge in [0.1, 0.15) is 6.17 Å². The predicted octanol–water partition coefficient (Wildman–Crippen LogP) is 1.96. The van der Waals surface area contributed by atoms with Gasteiger partial charge in [0, 0.05) is 12.6 Å². The van der Waals surface area contributed by atoms with Crippen LogP contribution in [0.1, 0.15) is 16.8 Å². The molecule has 3 nitrogen and oxygen atoms in total. The lowest BCUT2D eigenvalue weighted by Crippen LogP contribution is -2.35. The molecule has 0 aromatic heterocycles. The quantitative estimate of drug-likeness (QED) is 0.655.